The second-order valence-corrected chi connectivity index (χ2v) is 9.24. The highest BCUT2D eigenvalue weighted by Crippen LogP contribution is 2.17. The minimum absolute atomic E-state index is 0.107. The van der Waals surface area contributed by atoms with Gasteiger partial charge in [0.05, 0.1) is 17.0 Å². The first kappa shape index (κ1) is 22.4. The summed E-state index contributed by atoms with van der Waals surface area (Å²) in [5.74, 6) is -1.49. The van der Waals surface area contributed by atoms with E-state index in [1.165, 1.54) is 24.3 Å². The summed E-state index contributed by atoms with van der Waals surface area (Å²) in [5.41, 5.74) is 0.976. The summed E-state index contributed by atoms with van der Waals surface area (Å²) in [6, 6.07) is 9.97. The smallest absolute Gasteiger partial charge is 0.322 e. The zero-order valence-electron chi connectivity index (χ0n) is 15.8. The monoisotopic (exact) mass is 452 g/mol. The molecule has 160 valence electrons. The fourth-order valence-electron chi connectivity index (χ4n) is 3.23. The molecule has 1 aliphatic rings. The number of aliphatic carboxylic acids is 1. The first-order valence-electron chi connectivity index (χ1n) is 9.21. The third kappa shape index (κ3) is 5.44. The van der Waals surface area contributed by atoms with Crippen LogP contribution in [0.2, 0.25) is 5.02 Å². The fraction of sp³-hybridized carbons (Fsp3) is 0.300. The molecule has 30 heavy (non-hydrogen) atoms. The molecule has 0 spiro atoms. The number of carbonyl (C=O) groups excluding carboxylic acids is 1. The molecule has 2 aromatic rings. The number of Topliss-reactive ketones (excluding diaryl/α,β-unsaturated/α-hetero) is 1. The average Bonchev–Trinajstić information content (AvgIpc) is 3.13. The lowest BCUT2D eigenvalue weighted by molar-refractivity contribution is -0.138. The molecule has 1 fully saturated rings. The van der Waals surface area contributed by atoms with Crippen LogP contribution in [0.1, 0.15) is 22.3 Å². The van der Waals surface area contributed by atoms with Crippen LogP contribution in [-0.2, 0) is 21.2 Å². The van der Waals surface area contributed by atoms with E-state index in [1.54, 1.807) is 24.3 Å². The van der Waals surface area contributed by atoms with E-state index in [9.17, 15) is 28.2 Å². The molecule has 0 saturated carbocycles. The van der Waals surface area contributed by atoms with Gasteiger partial charge in [0.1, 0.15) is 6.04 Å². The molecule has 0 aromatic heterocycles. The number of hydrogen-bond donors (Lipinski definition) is 4. The molecule has 0 amide bonds. The first-order chi connectivity index (χ1) is 14.2. The zero-order valence-corrected chi connectivity index (χ0v) is 17.4. The second-order valence-electron chi connectivity index (χ2n) is 7.09. The zero-order chi connectivity index (χ0) is 21.9. The maximum absolute atomic E-state index is 12.5. The molecule has 3 atom stereocenters. The largest absolute Gasteiger partial charge is 0.480 e. The van der Waals surface area contributed by atoms with E-state index < -0.39 is 34.2 Å². The van der Waals surface area contributed by atoms with Crippen LogP contribution in [0.4, 0.5) is 0 Å². The maximum Gasteiger partial charge on any atom is 0.322 e. The number of carboxylic acid groups (broad SMARTS) is 1. The SMILES string of the molecule is O=C(O)[C@H](Cc1ccc(C(=O)[C@@H]2C[C@@H](O)CN2)cc1)NS(=O)(=O)c1cccc(Cl)c1. The number of aliphatic hydroxyl groups is 1. The van der Waals surface area contributed by atoms with Crippen LogP contribution in [-0.4, -0.2) is 55.1 Å². The molecule has 8 nitrogen and oxygen atoms in total. The van der Waals surface area contributed by atoms with E-state index in [2.05, 4.69) is 10.0 Å². The van der Waals surface area contributed by atoms with Crippen molar-refractivity contribution in [3.63, 3.8) is 0 Å². The first-order valence-corrected chi connectivity index (χ1v) is 11.1. The molecule has 1 saturated heterocycles. The molecule has 1 heterocycles. The summed E-state index contributed by atoms with van der Waals surface area (Å²) in [6.45, 7) is 0.363. The van der Waals surface area contributed by atoms with Crippen LogP contribution >= 0.6 is 11.6 Å². The van der Waals surface area contributed by atoms with Gasteiger partial charge in [0.15, 0.2) is 5.78 Å². The second kappa shape index (κ2) is 9.23. The molecule has 0 radical (unpaired) electrons. The molecule has 0 unspecified atom stereocenters. The van der Waals surface area contributed by atoms with Crippen LogP contribution in [0.5, 0.6) is 0 Å². The van der Waals surface area contributed by atoms with Crippen molar-refractivity contribution in [3.8, 4) is 0 Å². The van der Waals surface area contributed by atoms with Crippen LogP contribution < -0.4 is 10.0 Å². The van der Waals surface area contributed by atoms with Gasteiger partial charge in [0.25, 0.3) is 0 Å². The molecular weight excluding hydrogens is 432 g/mol. The predicted molar refractivity (Wildman–Crippen MR) is 110 cm³/mol. The van der Waals surface area contributed by atoms with Gasteiger partial charge in [-0.05, 0) is 36.6 Å². The lowest BCUT2D eigenvalue weighted by Crippen LogP contribution is -2.42. The van der Waals surface area contributed by atoms with Crippen LogP contribution in [0.3, 0.4) is 0 Å². The third-order valence-electron chi connectivity index (χ3n) is 4.80. The van der Waals surface area contributed by atoms with E-state index in [0.717, 1.165) is 0 Å². The Hall–Kier alpha value is -2.30. The molecule has 4 N–H and O–H groups in total. The lowest BCUT2D eigenvalue weighted by atomic mass is 9.99. The number of benzene rings is 2. The Morgan fingerprint density at radius 2 is 1.90 bits per heavy atom. The van der Waals surface area contributed by atoms with Gasteiger partial charge < -0.3 is 15.5 Å². The number of halogens is 1. The van der Waals surface area contributed by atoms with Gasteiger partial charge in [-0.1, -0.05) is 41.9 Å². The van der Waals surface area contributed by atoms with E-state index in [1.807, 2.05) is 0 Å². The molecule has 0 aliphatic carbocycles. The van der Waals surface area contributed by atoms with Crippen molar-refractivity contribution in [3.05, 3.63) is 64.7 Å². The Kier molecular flexibility index (Phi) is 6.89. The van der Waals surface area contributed by atoms with Crippen molar-refractivity contribution in [2.75, 3.05) is 6.54 Å². The molecular formula is C20H21ClN2O6S. The number of rotatable bonds is 8. The summed E-state index contributed by atoms with van der Waals surface area (Å²) in [7, 11) is -4.09. The van der Waals surface area contributed by atoms with Gasteiger partial charge in [-0.25, -0.2) is 8.42 Å². The molecule has 2 aromatic carbocycles. The number of nitrogens with one attached hydrogen (secondary N) is 2. The Balaban J connectivity index is 1.71. The highest BCUT2D eigenvalue weighted by atomic mass is 35.5. The number of β-amino-alcohol motifs (C(OH)–C–C–N with tert-alkyl or cyclic N) is 1. The summed E-state index contributed by atoms with van der Waals surface area (Å²) >= 11 is 5.82. The van der Waals surface area contributed by atoms with Crippen molar-refractivity contribution < 1.29 is 28.2 Å². The minimum Gasteiger partial charge on any atom is -0.480 e. The maximum atomic E-state index is 12.5. The topological polar surface area (TPSA) is 133 Å². The summed E-state index contributed by atoms with van der Waals surface area (Å²) in [4.78, 5) is 23.9. The van der Waals surface area contributed by atoms with Gasteiger partial charge in [-0.15, -0.1) is 0 Å². The van der Waals surface area contributed by atoms with E-state index in [0.29, 0.717) is 24.1 Å². The number of carbonyl (C=O) groups is 2. The van der Waals surface area contributed by atoms with Gasteiger partial charge in [0, 0.05) is 17.1 Å². The normalized spacial score (nSPS) is 20.1. The van der Waals surface area contributed by atoms with Gasteiger partial charge in [-0.3, -0.25) is 9.59 Å². The third-order valence-corrected chi connectivity index (χ3v) is 6.51. The summed E-state index contributed by atoms with van der Waals surface area (Å²) in [6.07, 6.45) is -0.321. The number of sulfonamides is 1. The standard InChI is InChI=1S/C20H21ClN2O6S/c21-14-2-1-3-16(9-14)30(28,29)23-18(20(26)27)8-12-4-6-13(7-5-12)19(25)17-10-15(24)11-22-17/h1-7,9,15,17-18,22-24H,8,10-11H2,(H,26,27)/t15-,17+,18+/m1/s1. The number of carboxylic acids is 1. The van der Waals surface area contributed by atoms with Crippen molar-refractivity contribution in [1.82, 2.24) is 10.0 Å². The van der Waals surface area contributed by atoms with Crippen LogP contribution in [0, 0.1) is 0 Å². The lowest BCUT2D eigenvalue weighted by Gasteiger charge is -2.16. The molecule has 0 bridgehead atoms. The van der Waals surface area contributed by atoms with Crippen molar-refractivity contribution in [1.29, 1.82) is 0 Å². The predicted octanol–water partition coefficient (Wildman–Crippen LogP) is 1.22. The molecule has 10 heteroatoms. The Morgan fingerprint density at radius 1 is 1.20 bits per heavy atom. The Morgan fingerprint density at radius 3 is 2.47 bits per heavy atom. The molecule has 1 aliphatic heterocycles. The minimum atomic E-state index is -4.09. The van der Waals surface area contributed by atoms with Crippen molar-refractivity contribution in [2.45, 2.75) is 35.9 Å². The van der Waals surface area contributed by atoms with Gasteiger partial charge in [-0.2, -0.15) is 4.72 Å². The van der Waals surface area contributed by atoms with Crippen LogP contribution in [0.15, 0.2) is 53.4 Å². The Bertz CT molecular complexity index is 1040. The Labute approximate surface area is 178 Å². The highest BCUT2D eigenvalue weighted by Gasteiger charge is 2.29. The van der Waals surface area contributed by atoms with Gasteiger partial charge >= 0.3 is 5.97 Å². The quantitative estimate of drug-likeness (QED) is 0.442. The average molecular weight is 453 g/mol. The summed E-state index contributed by atoms with van der Waals surface area (Å²) < 4.78 is 27.2. The van der Waals surface area contributed by atoms with E-state index in [4.69, 9.17) is 11.6 Å². The fourth-order valence-corrected chi connectivity index (χ4v) is 4.72. The number of hydrogen-bond acceptors (Lipinski definition) is 6. The number of aliphatic hydroxyl groups excluding tert-OH is 1. The van der Waals surface area contributed by atoms with E-state index in [-0.39, 0.29) is 22.1 Å². The van der Waals surface area contributed by atoms with Crippen LogP contribution in [0.25, 0.3) is 0 Å². The van der Waals surface area contributed by atoms with Crippen molar-refractivity contribution in [2.24, 2.45) is 0 Å². The van der Waals surface area contributed by atoms with Gasteiger partial charge in [0.2, 0.25) is 10.0 Å². The van der Waals surface area contributed by atoms with Crippen molar-refractivity contribution >= 4 is 33.4 Å². The molecule has 3 rings (SSSR count). The van der Waals surface area contributed by atoms with E-state index >= 15 is 0 Å². The highest BCUT2D eigenvalue weighted by molar-refractivity contribution is 7.89. The summed E-state index contributed by atoms with van der Waals surface area (Å²) in [5, 5.41) is 22.2. The number of ketones is 1.